The summed E-state index contributed by atoms with van der Waals surface area (Å²) < 4.78 is 16.7. The minimum absolute atomic E-state index is 0. The van der Waals surface area contributed by atoms with Crippen molar-refractivity contribution in [2.24, 2.45) is 0 Å². The number of rotatable bonds is 21. The number of ether oxygens (including phenoxy) is 3. The first-order valence-electron chi connectivity index (χ1n) is 18.5. The number of aromatic hydroxyl groups is 2. The van der Waals surface area contributed by atoms with Crippen LogP contribution in [0.5, 0.6) is 23.0 Å². The maximum Gasteiger partial charge on any atom is 0.200 e. The second kappa shape index (κ2) is 27.9. The zero-order valence-corrected chi connectivity index (χ0v) is 34.3. The number of hydrogen-bond donors (Lipinski definition) is 8. The van der Waals surface area contributed by atoms with Gasteiger partial charge in [-0.25, -0.2) is 0 Å². The van der Waals surface area contributed by atoms with Crippen LogP contribution >= 0.6 is 37.2 Å². The quantitative estimate of drug-likeness (QED) is 0.0442. The first kappa shape index (κ1) is 50.4. The van der Waals surface area contributed by atoms with Crippen molar-refractivity contribution in [1.82, 2.24) is 15.5 Å². The molecule has 0 aromatic heterocycles. The summed E-state index contributed by atoms with van der Waals surface area (Å²) in [5.74, 6) is -0.0245. The molecule has 0 unspecified atom stereocenters. The standard InChI is InChI=1S/C22H28N4O6.C17H27NO3.3ClH/c27-11-9-23-5-7-25-13-1-2-14(26-8-6-24-10-12-28)18-17(13)21(31)19-15(29)3-4-16(30)20(19)22(18)32;1-2-3-12-20-16-5-7-17(8-6-16)21-13-4-9-18-10-14-19-15-11-18;;;/h1-4,23-30H,5-12H2;5-8H,2-4,9-15H2,1H3;3*1H. The average molecular weight is 847 g/mol. The Kier molecular flexibility index (Phi) is 25.2. The Labute approximate surface area is 347 Å². The Morgan fingerprint density at radius 1 is 0.625 bits per heavy atom. The van der Waals surface area contributed by atoms with Crippen LogP contribution in [0.15, 0.2) is 48.5 Å². The number of unbranched alkanes of at least 4 members (excludes halogenated alkanes) is 1. The number of benzene rings is 3. The maximum atomic E-state index is 13.4. The lowest BCUT2D eigenvalue weighted by molar-refractivity contribution is 0.0358. The van der Waals surface area contributed by atoms with E-state index >= 15 is 0 Å². The summed E-state index contributed by atoms with van der Waals surface area (Å²) in [6.07, 6.45) is 3.30. The summed E-state index contributed by atoms with van der Waals surface area (Å²) in [7, 11) is 0. The number of carbonyl (C=O) groups is 2. The van der Waals surface area contributed by atoms with Crippen molar-refractivity contribution < 1.29 is 44.2 Å². The fraction of sp³-hybridized carbons (Fsp3) is 0.487. The highest BCUT2D eigenvalue weighted by molar-refractivity contribution is 6.33. The number of hydrogen-bond acceptors (Lipinski definition) is 14. The smallest absolute Gasteiger partial charge is 0.200 e. The van der Waals surface area contributed by atoms with Crippen molar-refractivity contribution in [2.45, 2.75) is 26.2 Å². The van der Waals surface area contributed by atoms with Gasteiger partial charge in [-0.1, -0.05) is 13.3 Å². The number of nitrogens with zero attached hydrogens (tertiary/aromatic N) is 1. The van der Waals surface area contributed by atoms with Crippen molar-refractivity contribution in [1.29, 1.82) is 0 Å². The second-order valence-corrected chi connectivity index (χ2v) is 12.6. The van der Waals surface area contributed by atoms with Crippen LogP contribution < -0.4 is 30.7 Å². The van der Waals surface area contributed by atoms with Gasteiger partial charge in [-0.05, 0) is 61.4 Å². The summed E-state index contributed by atoms with van der Waals surface area (Å²) in [6.45, 7) is 11.4. The van der Waals surface area contributed by atoms with Gasteiger partial charge in [0.1, 0.15) is 23.0 Å². The minimum atomic E-state index is -0.559. The van der Waals surface area contributed by atoms with Crippen LogP contribution in [0.1, 0.15) is 58.0 Å². The number of phenolic OH excluding ortho intramolecular Hbond substituents is 2. The summed E-state index contributed by atoms with van der Waals surface area (Å²) >= 11 is 0. The molecule has 0 saturated carbocycles. The first-order chi connectivity index (χ1) is 25.9. The van der Waals surface area contributed by atoms with E-state index in [0.29, 0.717) is 50.6 Å². The van der Waals surface area contributed by atoms with Crippen molar-refractivity contribution >= 4 is 60.2 Å². The number of carbonyl (C=O) groups excluding carboxylic acids is 2. The number of anilines is 2. The Hall–Kier alpha value is -3.57. The van der Waals surface area contributed by atoms with Gasteiger partial charge in [0.2, 0.25) is 11.6 Å². The molecule has 0 atom stereocenters. The van der Waals surface area contributed by atoms with Gasteiger partial charge < -0.3 is 55.9 Å². The fourth-order valence-corrected chi connectivity index (χ4v) is 5.91. The molecule has 8 N–H and O–H groups in total. The van der Waals surface area contributed by atoms with Gasteiger partial charge in [-0.2, -0.15) is 0 Å². The van der Waals surface area contributed by atoms with Gasteiger partial charge >= 0.3 is 0 Å². The third kappa shape index (κ3) is 15.1. The minimum Gasteiger partial charge on any atom is -0.507 e. The number of ketones is 2. The number of morpholine rings is 1. The monoisotopic (exact) mass is 845 g/mol. The Morgan fingerprint density at radius 2 is 1.07 bits per heavy atom. The van der Waals surface area contributed by atoms with Crippen LogP contribution in [0, 0.1) is 0 Å². The summed E-state index contributed by atoms with van der Waals surface area (Å²) in [5, 5.41) is 50.6. The SMILES string of the molecule is CCCCOc1ccc(OCCCN2CCOCC2)cc1.Cl.Cl.Cl.O=C1c2c(O)ccc(O)c2C(=O)c2c(NCCNCCO)ccc(NCCNCCO)c21. The molecule has 1 heterocycles. The average Bonchev–Trinajstić information content (AvgIpc) is 3.17. The van der Waals surface area contributed by atoms with Crippen molar-refractivity contribution in [3.63, 3.8) is 0 Å². The van der Waals surface area contributed by atoms with Crippen molar-refractivity contribution in [3.05, 3.63) is 70.8 Å². The number of aliphatic hydroxyl groups is 2. The van der Waals surface area contributed by atoms with E-state index in [2.05, 4.69) is 33.1 Å². The molecule has 3 aromatic rings. The third-order valence-electron chi connectivity index (χ3n) is 8.67. The third-order valence-corrected chi connectivity index (χ3v) is 8.67. The fourth-order valence-electron chi connectivity index (χ4n) is 5.91. The van der Waals surface area contributed by atoms with Crippen LogP contribution in [0.2, 0.25) is 0 Å². The lowest BCUT2D eigenvalue weighted by Gasteiger charge is -2.26. The van der Waals surface area contributed by atoms with Crippen molar-refractivity contribution in [3.8, 4) is 23.0 Å². The van der Waals surface area contributed by atoms with E-state index in [1.807, 2.05) is 24.3 Å². The largest absolute Gasteiger partial charge is 0.507 e. The van der Waals surface area contributed by atoms with E-state index in [0.717, 1.165) is 76.8 Å². The Balaban J connectivity index is 0.000000573. The molecule has 17 heteroatoms. The first-order valence-corrected chi connectivity index (χ1v) is 18.5. The van der Waals surface area contributed by atoms with Crippen LogP contribution in [0.25, 0.3) is 0 Å². The van der Waals surface area contributed by atoms with Gasteiger partial charge in [0.25, 0.3) is 0 Å². The molecule has 1 saturated heterocycles. The zero-order valence-electron chi connectivity index (χ0n) is 31.8. The number of phenols is 2. The van der Waals surface area contributed by atoms with E-state index < -0.39 is 11.6 Å². The van der Waals surface area contributed by atoms with Crippen LogP contribution in [-0.4, -0.2) is 135 Å². The number of halogens is 3. The van der Waals surface area contributed by atoms with Gasteiger partial charge in [0, 0.05) is 70.3 Å². The number of aliphatic hydroxyl groups excluding tert-OH is 2. The van der Waals surface area contributed by atoms with Gasteiger partial charge in [-0.15, -0.1) is 37.2 Å². The van der Waals surface area contributed by atoms with E-state index in [-0.39, 0.29) is 84.2 Å². The Morgan fingerprint density at radius 3 is 1.50 bits per heavy atom. The van der Waals surface area contributed by atoms with E-state index in [9.17, 15) is 19.8 Å². The summed E-state index contributed by atoms with van der Waals surface area (Å²) in [6, 6.07) is 13.7. The highest BCUT2D eigenvalue weighted by Gasteiger charge is 2.37. The summed E-state index contributed by atoms with van der Waals surface area (Å²) in [5.41, 5.74) is 0.678. The molecular formula is C39H58Cl3N5O9. The molecule has 314 valence electrons. The van der Waals surface area contributed by atoms with E-state index in [1.165, 1.54) is 12.1 Å². The molecular weight excluding hydrogens is 789 g/mol. The second-order valence-electron chi connectivity index (χ2n) is 12.6. The predicted molar refractivity (Wildman–Crippen MR) is 226 cm³/mol. The molecule has 1 aliphatic carbocycles. The topological polar surface area (TPSA) is 194 Å². The molecule has 1 fully saturated rings. The normalized spacial score (nSPS) is 13.1. The molecule has 2 aliphatic rings. The lowest BCUT2D eigenvalue weighted by Crippen LogP contribution is -2.37. The molecule has 14 nitrogen and oxygen atoms in total. The molecule has 3 aromatic carbocycles. The predicted octanol–water partition coefficient (Wildman–Crippen LogP) is 4.09. The molecule has 0 spiro atoms. The number of fused-ring (bicyclic) bond motifs is 2. The lowest BCUT2D eigenvalue weighted by atomic mass is 9.81. The molecule has 0 radical (unpaired) electrons. The molecule has 0 bridgehead atoms. The Bertz CT molecular complexity index is 1520. The van der Waals surface area contributed by atoms with Crippen molar-refractivity contribution in [2.75, 3.05) is 109 Å². The van der Waals surface area contributed by atoms with Crippen LogP contribution in [-0.2, 0) is 4.74 Å². The zero-order chi connectivity index (χ0) is 37.8. The summed E-state index contributed by atoms with van der Waals surface area (Å²) in [4.78, 5) is 29.2. The van der Waals surface area contributed by atoms with E-state index in [1.54, 1.807) is 12.1 Å². The molecule has 5 rings (SSSR count). The maximum absolute atomic E-state index is 13.4. The molecule has 0 amide bonds. The van der Waals surface area contributed by atoms with Crippen LogP contribution in [0.4, 0.5) is 11.4 Å². The molecule has 1 aliphatic heterocycles. The number of nitrogens with one attached hydrogen (secondary N) is 4. The van der Waals surface area contributed by atoms with Gasteiger partial charge in [0.15, 0.2) is 0 Å². The van der Waals surface area contributed by atoms with E-state index in [4.69, 9.17) is 24.4 Å². The highest BCUT2D eigenvalue weighted by atomic mass is 35.5. The van der Waals surface area contributed by atoms with Crippen LogP contribution in [0.3, 0.4) is 0 Å². The molecule has 56 heavy (non-hydrogen) atoms. The highest BCUT2D eigenvalue weighted by Crippen LogP contribution is 2.42. The van der Waals surface area contributed by atoms with Gasteiger partial charge in [-0.3, -0.25) is 14.5 Å². The van der Waals surface area contributed by atoms with Gasteiger partial charge in [0.05, 0.1) is 61.9 Å².